The van der Waals surface area contributed by atoms with E-state index in [1.54, 1.807) is 55.5 Å². The molecule has 27 heavy (non-hydrogen) atoms. The zero-order valence-electron chi connectivity index (χ0n) is 15.6. The van der Waals surface area contributed by atoms with Crippen LogP contribution < -0.4 is 10.6 Å². The quantitative estimate of drug-likeness (QED) is 0.550. The molecule has 6 nitrogen and oxygen atoms in total. The maximum absolute atomic E-state index is 12.4. The summed E-state index contributed by atoms with van der Waals surface area (Å²) < 4.78 is 4.92. The molecule has 0 atom stereocenters. The molecule has 2 aromatic carbocycles. The summed E-state index contributed by atoms with van der Waals surface area (Å²) in [6.07, 6.45) is 1.91. The molecule has 0 aliphatic carbocycles. The van der Waals surface area contributed by atoms with Crippen LogP contribution in [0.15, 0.2) is 48.5 Å². The van der Waals surface area contributed by atoms with Crippen molar-refractivity contribution in [1.29, 1.82) is 0 Å². The van der Waals surface area contributed by atoms with Gasteiger partial charge in [-0.15, -0.1) is 0 Å². The van der Waals surface area contributed by atoms with E-state index in [-0.39, 0.29) is 11.8 Å². The van der Waals surface area contributed by atoms with Crippen LogP contribution in [-0.2, 0) is 4.74 Å². The maximum atomic E-state index is 12.4. The Bertz CT molecular complexity index is 800. The van der Waals surface area contributed by atoms with Crippen molar-refractivity contribution in [2.75, 3.05) is 18.5 Å². The van der Waals surface area contributed by atoms with Gasteiger partial charge in [0.15, 0.2) is 0 Å². The van der Waals surface area contributed by atoms with Gasteiger partial charge >= 0.3 is 5.97 Å². The van der Waals surface area contributed by atoms with E-state index in [0.29, 0.717) is 35.5 Å². The third kappa shape index (κ3) is 5.95. The third-order valence-electron chi connectivity index (χ3n) is 3.86. The maximum Gasteiger partial charge on any atom is 0.338 e. The van der Waals surface area contributed by atoms with Gasteiger partial charge in [-0.3, -0.25) is 9.59 Å². The fourth-order valence-corrected chi connectivity index (χ4v) is 2.39. The predicted molar refractivity (Wildman–Crippen MR) is 104 cm³/mol. The van der Waals surface area contributed by atoms with Gasteiger partial charge < -0.3 is 15.4 Å². The van der Waals surface area contributed by atoms with Crippen LogP contribution >= 0.6 is 0 Å². The molecule has 0 saturated heterocycles. The number of amides is 2. The van der Waals surface area contributed by atoms with Crippen molar-refractivity contribution >= 4 is 23.5 Å². The Morgan fingerprint density at radius 2 is 1.56 bits per heavy atom. The number of esters is 1. The molecular weight excluding hydrogens is 344 g/mol. The first-order valence-electron chi connectivity index (χ1n) is 9.02. The minimum Gasteiger partial charge on any atom is -0.462 e. The van der Waals surface area contributed by atoms with Gasteiger partial charge in [0.25, 0.3) is 11.8 Å². The van der Waals surface area contributed by atoms with Crippen molar-refractivity contribution in [3.8, 4) is 0 Å². The summed E-state index contributed by atoms with van der Waals surface area (Å²) in [6.45, 7) is 4.71. The highest BCUT2D eigenvalue weighted by molar-refractivity contribution is 6.06. The molecule has 2 aromatic rings. The van der Waals surface area contributed by atoms with Crippen LogP contribution in [-0.4, -0.2) is 30.9 Å². The zero-order chi connectivity index (χ0) is 19.6. The van der Waals surface area contributed by atoms with E-state index in [9.17, 15) is 14.4 Å². The van der Waals surface area contributed by atoms with Crippen molar-refractivity contribution in [2.45, 2.75) is 26.7 Å². The van der Waals surface area contributed by atoms with Crippen LogP contribution in [0, 0.1) is 0 Å². The SMILES string of the molecule is CCCCNC(=O)c1cccc(C(=O)Nc2ccc(C(=O)OCC)cc2)c1. The molecule has 2 amide bonds. The average Bonchev–Trinajstić information content (AvgIpc) is 2.69. The number of unbranched alkanes of at least 4 members (excludes halogenated alkanes) is 1. The summed E-state index contributed by atoms with van der Waals surface area (Å²) in [6, 6.07) is 13.0. The highest BCUT2D eigenvalue weighted by atomic mass is 16.5. The molecule has 0 spiro atoms. The molecule has 0 aromatic heterocycles. The van der Waals surface area contributed by atoms with E-state index in [2.05, 4.69) is 17.6 Å². The molecule has 142 valence electrons. The van der Waals surface area contributed by atoms with Crippen LogP contribution in [0.1, 0.15) is 57.8 Å². The molecule has 0 radical (unpaired) electrons. The lowest BCUT2D eigenvalue weighted by Crippen LogP contribution is -2.24. The number of hydrogen-bond donors (Lipinski definition) is 2. The summed E-state index contributed by atoms with van der Waals surface area (Å²) in [7, 11) is 0. The molecule has 0 aliphatic rings. The van der Waals surface area contributed by atoms with E-state index in [4.69, 9.17) is 4.74 Å². The molecular formula is C21H24N2O4. The molecule has 0 saturated carbocycles. The van der Waals surface area contributed by atoms with Gasteiger partial charge in [-0.05, 0) is 55.8 Å². The van der Waals surface area contributed by atoms with Gasteiger partial charge in [0.1, 0.15) is 0 Å². The number of hydrogen-bond acceptors (Lipinski definition) is 4. The van der Waals surface area contributed by atoms with Crippen molar-refractivity contribution in [3.63, 3.8) is 0 Å². The molecule has 0 aliphatic heterocycles. The average molecular weight is 368 g/mol. The lowest BCUT2D eigenvalue weighted by Gasteiger charge is -2.08. The summed E-state index contributed by atoms with van der Waals surface area (Å²) in [5.74, 6) is -0.934. The van der Waals surface area contributed by atoms with Crippen molar-refractivity contribution < 1.29 is 19.1 Å². The minimum absolute atomic E-state index is 0.197. The second-order valence-electron chi connectivity index (χ2n) is 5.94. The van der Waals surface area contributed by atoms with Gasteiger partial charge in [-0.2, -0.15) is 0 Å². The van der Waals surface area contributed by atoms with Crippen LogP contribution in [0.4, 0.5) is 5.69 Å². The summed E-state index contributed by atoms with van der Waals surface area (Å²) in [5, 5.41) is 5.58. The number of nitrogens with one attached hydrogen (secondary N) is 2. The Morgan fingerprint density at radius 3 is 2.19 bits per heavy atom. The van der Waals surface area contributed by atoms with Gasteiger partial charge in [-0.1, -0.05) is 19.4 Å². The molecule has 0 fully saturated rings. The Morgan fingerprint density at radius 1 is 0.889 bits per heavy atom. The van der Waals surface area contributed by atoms with E-state index < -0.39 is 5.97 Å². The highest BCUT2D eigenvalue weighted by Gasteiger charge is 2.11. The first-order chi connectivity index (χ1) is 13.0. The lowest BCUT2D eigenvalue weighted by molar-refractivity contribution is 0.0526. The van der Waals surface area contributed by atoms with E-state index in [1.807, 2.05) is 0 Å². The van der Waals surface area contributed by atoms with Crippen LogP contribution in [0.2, 0.25) is 0 Å². The second kappa shape index (κ2) is 10.1. The van der Waals surface area contributed by atoms with Crippen LogP contribution in [0.25, 0.3) is 0 Å². The Balaban J connectivity index is 2.02. The van der Waals surface area contributed by atoms with E-state index in [1.165, 1.54) is 0 Å². The Labute approximate surface area is 158 Å². The molecule has 2 N–H and O–H groups in total. The van der Waals surface area contributed by atoms with Gasteiger partial charge in [0.2, 0.25) is 0 Å². The first kappa shape index (κ1) is 20.2. The molecule has 6 heteroatoms. The topological polar surface area (TPSA) is 84.5 Å². The molecule has 0 unspecified atom stereocenters. The predicted octanol–water partition coefficient (Wildman–Crippen LogP) is 3.65. The fourth-order valence-electron chi connectivity index (χ4n) is 2.39. The molecule has 0 heterocycles. The number of rotatable bonds is 8. The van der Waals surface area contributed by atoms with Crippen molar-refractivity contribution in [3.05, 3.63) is 65.2 Å². The van der Waals surface area contributed by atoms with Crippen LogP contribution in [0.5, 0.6) is 0 Å². The lowest BCUT2D eigenvalue weighted by atomic mass is 10.1. The fraction of sp³-hybridized carbons (Fsp3) is 0.286. The van der Waals surface area contributed by atoms with E-state index >= 15 is 0 Å². The van der Waals surface area contributed by atoms with Gasteiger partial charge in [-0.25, -0.2) is 4.79 Å². The van der Waals surface area contributed by atoms with Crippen LogP contribution in [0.3, 0.4) is 0 Å². The first-order valence-corrected chi connectivity index (χ1v) is 9.02. The van der Waals surface area contributed by atoms with E-state index in [0.717, 1.165) is 12.8 Å². The largest absolute Gasteiger partial charge is 0.462 e. The molecule has 0 bridgehead atoms. The number of carbonyl (C=O) groups is 3. The number of anilines is 1. The van der Waals surface area contributed by atoms with Crippen molar-refractivity contribution in [1.82, 2.24) is 5.32 Å². The standard InChI is InChI=1S/C21H24N2O4/c1-3-5-13-22-19(24)16-7-6-8-17(14-16)20(25)23-18-11-9-15(10-12-18)21(26)27-4-2/h6-12,14H,3-5,13H2,1-2H3,(H,22,24)(H,23,25). The monoisotopic (exact) mass is 368 g/mol. The number of ether oxygens (including phenoxy) is 1. The normalized spacial score (nSPS) is 10.1. The number of benzene rings is 2. The Hall–Kier alpha value is -3.15. The molecule has 2 rings (SSSR count). The number of carbonyl (C=O) groups excluding carboxylic acids is 3. The smallest absolute Gasteiger partial charge is 0.338 e. The highest BCUT2D eigenvalue weighted by Crippen LogP contribution is 2.13. The Kier molecular flexibility index (Phi) is 7.55. The summed E-state index contributed by atoms with van der Waals surface area (Å²) in [5.41, 5.74) is 1.79. The summed E-state index contributed by atoms with van der Waals surface area (Å²) >= 11 is 0. The van der Waals surface area contributed by atoms with Crippen molar-refractivity contribution in [2.24, 2.45) is 0 Å². The van der Waals surface area contributed by atoms with Gasteiger partial charge in [0.05, 0.1) is 12.2 Å². The minimum atomic E-state index is -0.405. The second-order valence-corrected chi connectivity index (χ2v) is 5.94. The van der Waals surface area contributed by atoms with Gasteiger partial charge in [0, 0.05) is 23.4 Å². The zero-order valence-corrected chi connectivity index (χ0v) is 15.6. The summed E-state index contributed by atoms with van der Waals surface area (Å²) in [4.78, 5) is 36.2. The third-order valence-corrected chi connectivity index (χ3v) is 3.86.